The molecule has 3 nitrogen and oxygen atoms in total. The van der Waals surface area contributed by atoms with Gasteiger partial charge in [-0.05, 0) is 24.9 Å². The third-order valence-electron chi connectivity index (χ3n) is 3.14. The van der Waals surface area contributed by atoms with Crippen LogP contribution in [0.15, 0.2) is 12.4 Å². The van der Waals surface area contributed by atoms with Crippen LogP contribution in [0.25, 0.3) is 0 Å². The van der Waals surface area contributed by atoms with Crippen molar-refractivity contribution in [3.8, 4) is 0 Å². The fraction of sp³-hybridized carbons (Fsp3) is 0.786. The van der Waals surface area contributed by atoms with E-state index in [1.54, 1.807) is 0 Å². The Morgan fingerprint density at radius 3 is 2.71 bits per heavy atom. The Morgan fingerprint density at radius 2 is 2.12 bits per heavy atom. The highest BCUT2D eigenvalue weighted by atomic mass is 15.2. The molecule has 0 saturated heterocycles. The summed E-state index contributed by atoms with van der Waals surface area (Å²) in [7, 11) is 1.98. The first-order valence-electron chi connectivity index (χ1n) is 6.97. The molecule has 17 heavy (non-hydrogen) atoms. The number of nitrogens with zero attached hydrogens (tertiary/aromatic N) is 2. The molecule has 1 atom stereocenters. The van der Waals surface area contributed by atoms with Gasteiger partial charge in [0.25, 0.3) is 0 Å². The van der Waals surface area contributed by atoms with Gasteiger partial charge in [0.05, 0.1) is 6.20 Å². The van der Waals surface area contributed by atoms with Crippen molar-refractivity contribution in [3.63, 3.8) is 0 Å². The quantitative estimate of drug-likeness (QED) is 0.669. The lowest BCUT2D eigenvalue weighted by Crippen LogP contribution is -2.30. The van der Waals surface area contributed by atoms with Crippen molar-refractivity contribution in [3.05, 3.63) is 18.0 Å². The van der Waals surface area contributed by atoms with Crippen molar-refractivity contribution in [1.29, 1.82) is 0 Å². The Bertz CT molecular complexity index is 293. The Kier molecular flexibility index (Phi) is 6.94. The summed E-state index contributed by atoms with van der Waals surface area (Å²) < 4.78 is 1.88. The van der Waals surface area contributed by atoms with Gasteiger partial charge in [-0.25, -0.2) is 0 Å². The molecule has 0 aliphatic rings. The van der Waals surface area contributed by atoms with E-state index in [2.05, 4.69) is 30.5 Å². The van der Waals surface area contributed by atoms with Crippen LogP contribution in [0.5, 0.6) is 0 Å². The molecule has 0 aliphatic carbocycles. The molecule has 1 N–H and O–H groups in total. The second kappa shape index (κ2) is 8.29. The number of rotatable bonds is 9. The van der Waals surface area contributed by atoms with Crippen LogP contribution in [0.3, 0.4) is 0 Å². The first-order valence-corrected chi connectivity index (χ1v) is 6.97. The van der Waals surface area contributed by atoms with Gasteiger partial charge in [0, 0.05) is 19.3 Å². The highest BCUT2D eigenvalue weighted by Gasteiger charge is 2.09. The van der Waals surface area contributed by atoms with E-state index >= 15 is 0 Å². The Labute approximate surface area is 106 Å². The van der Waals surface area contributed by atoms with E-state index in [-0.39, 0.29) is 0 Å². The standard InChI is InChI=1S/C14H27N3/c1-4-6-7-8-9-14(15-5-2)10-13-11-16-17(3)12-13/h11-12,14-15H,4-10H2,1-3H3. The SMILES string of the molecule is CCCCCCC(Cc1cnn(C)c1)NCC. The molecule has 0 aromatic carbocycles. The lowest BCUT2D eigenvalue weighted by atomic mass is 10.0. The van der Waals surface area contributed by atoms with Crippen LogP contribution in [0.2, 0.25) is 0 Å². The van der Waals surface area contributed by atoms with Gasteiger partial charge >= 0.3 is 0 Å². The van der Waals surface area contributed by atoms with Gasteiger partial charge in [-0.1, -0.05) is 39.5 Å². The van der Waals surface area contributed by atoms with Gasteiger partial charge in [-0.3, -0.25) is 4.68 Å². The molecule has 0 fully saturated rings. The van der Waals surface area contributed by atoms with E-state index in [9.17, 15) is 0 Å². The van der Waals surface area contributed by atoms with Gasteiger partial charge in [-0.15, -0.1) is 0 Å². The van der Waals surface area contributed by atoms with Crippen molar-refractivity contribution in [2.24, 2.45) is 7.05 Å². The maximum absolute atomic E-state index is 4.23. The molecule has 0 amide bonds. The van der Waals surface area contributed by atoms with Crippen LogP contribution in [0.1, 0.15) is 51.5 Å². The van der Waals surface area contributed by atoms with Gasteiger partial charge in [0.15, 0.2) is 0 Å². The van der Waals surface area contributed by atoms with E-state index in [4.69, 9.17) is 0 Å². The lowest BCUT2D eigenvalue weighted by molar-refractivity contribution is 0.463. The predicted molar refractivity (Wildman–Crippen MR) is 73.1 cm³/mol. The van der Waals surface area contributed by atoms with E-state index in [0.717, 1.165) is 13.0 Å². The fourth-order valence-electron chi connectivity index (χ4n) is 2.24. The van der Waals surface area contributed by atoms with Crippen molar-refractivity contribution in [1.82, 2.24) is 15.1 Å². The van der Waals surface area contributed by atoms with Crippen LogP contribution < -0.4 is 5.32 Å². The van der Waals surface area contributed by atoms with Gasteiger partial charge < -0.3 is 5.32 Å². The number of aromatic nitrogens is 2. The molecule has 0 bridgehead atoms. The third kappa shape index (κ3) is 5.87. The minimum absolute atomic E-state index is 0.612. The van der Waals surface area contributed by atoms with Crippen molar-refractivity contribution in [2.75, 3.05) is 6.54 Å². The number of likely N-dealkylation sites (N-methyl/N-ethyl adjacent to an activating group) is 1. The largest absolute Gasteiger partial charge is 0.314 e. The number of hydrogen-bond donors (Lipinski definition) is 1. The number of hydrogen-bond acceptors (Lipinski definition) is 2. The highest BCUT2D eigenvalue weighted by molar-refractivity contribution is 5.05. The van der Waals surface area contributed by atoms with Crippen LogP contribution in [-0.2, 0) is 13.5 Å². The van der Waals surface area contributed by atoms with Crippen molar-refractivity contribution in [2.45, 2.75) is 58.4 Å². The average Bonchev–Trinajstić information content (AvgIpc) is 2.70. The third-order valence-corrected chi connectivity index (χ3v) is 3.14. The first kappa shape index (κ1) is 14.2. The summed E-state index contributed by atoms with van der Waals surface area (Å²) in [6.07, 6.45) is 11.9. The zero-order valence-corrected chi connectivity index (χ0v) is 11.6. The monoisotopic (exact) mass is 237 g/mol. The number of aryl methyl sites for hydroxylation is 1. The number of nitrogens with one attached hydrogen (secondary N) is 1. The molecule has 0 radical (unpaired) electrons. The molecule has 0 saturated carbocycles. The minimum Gasteiger partial charge on any atom is -0.314 e. The predicted octanol–water partition coefficient (Wildman–Crippen LogP) is 2.91. The summed E-state index contributed by atoms with van der Waals surface area (Å²) in [6, 6.07) is 0.612. The van der Waals surface area contributed by atoms with E-state index in [1.807, 2.05) is 17.9 Å². The average molecular weight is 237 g/mol. The Hall–Kier alpha value is -0.830. The Morgan fingerprint density at radius 1 is 1.29 bits per heavy atom. The topological polar surface area (TPSA) is 29.9 Å². The summed E-state index contributed by atoms with van der Waals surface area (Å²) in [5, 5.41) is 7.81. The maximum atomic E-state index is 4.23. The van der Waals surface area contributed by atoms with E-state index < -0.39 is 0 Å². The minimum atomic E-state index is 0.612. The molecule has 1 aromatic heterocycles. The zero-order valence-electron chi connectivity index (χ0n) is 11.6. The van der Waals surface area contributed by atoms with Crippen LogP contribution in [0, 0.1) is 0 Å². The molecule has 3 heteroatoms. The molecule has 0 spiro atoms. The molecule has 1 aromatic rings. The normalized spacial score (nSPS) is 12.9. The van der Waals surface area contributed by atoms with Gasteiger partial charge in [0.1, 0.15) is 0 Å². The van der Waals surface area contributed by atoms with E-state index in [1.165, 1.54) is 37.7 Å². The van der Waals surface area contributed by atoms with Crippen molar-refractivity contribution < 1.29 is 0 Å². The van der Waals surface area contributed by atoms with Crippen LogP contribution in [-0.4, -0.2) is 22.4 Å². The summed E-state index contributed by atoms with van der Waals surface area (Å²) in [5.41, 5.74) is 1.34. The molecule has 1 unspecified atom stereocenters. The highest BCUT2D eigenvalue weighted by Crippen LogP contribution is 2.10. The fourth-order valence-corrected chi connectivity index (χ4v) is 2.24. The van der Waals surface area contributed by atoms with Crippen molar-refractivity contribution >= 4 is 0 Å². The van der Waals surface area contributed by atoms with E-state index in [0.29, 0.717) is 6.04 Å². The second-order valence-corrected chi connectivity index (χ2v) is 4.83. The molecular weight excluding hydrogens is 210 g/mol. The molecule has 1 heterocycles. The van der Waals surface area contributed by atoms with Gasteiger partial charge in [-0.2, -0.15) is 5.10 Å². The molecule has 0 aliphatic heterocycles. The summed E-state index contributed by atoms with van der Waals surface area (Å²) in [6.45, 7) is 5.50. The summed E-state index contributed by atoms with van der Waals surface area (Å²) in [4.78, 5) is 0. The second-order valence-electron chi connectivity index (χ2n) is 4.83. The van der Waals surface area contributed by atoms with Crippen LogP contribution >= 0.6 is 0 Å². The lowest BCUT2D eigenvalue weighted by Gasteiger charge is -2.16. The first-order chi connectivity index (χ1) is 8.26. The van der Waals surface area contributed by atoms with Crippen LogP contribution in [0.4, 0.5) is 0 Å². The zero-order chi connectivity index (χ0) is 12.5. The molecule has 98 valence electrons. The molecule has 1 rings (SSSR count). The smallest absolute Gasteiger partial charge is 0.0522 e. The van der Waals surface area contributed by atoms with Gasteiger partial charge in [0.2, 0.25) is 0 Å². The summed E-state index contributed by atoms with van der Waals surface area (Å²) >= 11 is 0. The molecular formula is C14H27N3. The summed E-state index contributed by atoms with van der Waals surface area (Å²) in [5.74, 6) is 0. The Balaban J connectivity index is 2.32. The number of unbranched alkanes of at least 4 members (excludes halogenated alkanes) is 3. The maximum Gasteiger partial charge on any atom is 0.0522 e.